The number of hydrogen-bond acceptors (Lipinski definition) is 3. The molecule has 0 heterocycles. The van der Waals surface area contributed by atoms with Gasteiger partial charge in [-0.2, -0.15) is 0 Å². The first-order chi connectivity index (χ1) is 9.27. The fraction of sp³-hybridized carbons (Fsp3) is 0.500. The van der Waals surface area contributed by atoms with Gasteiger partial charge in [0.15, 0.2) is 0 Å². The number of halogens is 1. The minimum atomic E-state index is -1.28. The summed E-state index contributed by atoms with van der Waals surface area (Å²) in [5, 5.41) is 31.1. The predicted octanol–water partition coefficient (Wildman–Crippen LogP) is 3.36. The maximum absolute atomic E-state index is 11.0. The third-order valence-electron chi connectivity index (χ3n) is 4.35. The van der Waals surface area contributed by atoms with Crippen molar-refractivity contribution in [2.24, 2.45) is 11.8 Å². The van der Waals surface area contributed by atoms with Gasteiger partial charge in [0.05, 0.1) is 12.0 Å². The Kier molecular flexibility index (Phi) is 4.28. The van der Waals surface area contributed by atoms with E-state index in [9.17, 15) is 15.3 Å². The van der Waals surface area contributed by atoms with Crippen molar-refractivity contribution in [2.45, 2.75) is 38.4 Å². The molecule has 4 heteroatoms. The van der Waals surface area contributed by atoms with Crippen LogP contribution < -0.4 is 0 Å². The molecule has 4 atom stereocenters. The highest BCUT2D eigenvalue weighted by Crippen LogP contribution is 2.46. The third-order valence-corrected chi connectivity index (χ3v) is 5.17. The average molecular weight is 341 g/mol. The van der Waals surface area contributed by atoms with Crippen molar-refractivity contribution < 1.29 is 15.3 Å². The molecule has 2 rings (SSSR count). The first-order valence-electron chi connectivity index (χ1n) is 6.80. The summed E-state index contributed by atoms with van der Waals surface area (Å²) in [5.41, 5.74) is 0.0539. The molecule has 2 aliphatic carbocycles. The van der Waals surface area contributed by atoms with Crippen LogP contribution >= 0.6 is 15.9 Å². The molecule has 3 unspecified atom stereocenters. The van der Waals surface area contributed by atoms with E-state index in [1.165, 1.54) is 0 Å². The van der Waals surface area contributed by atoms with E-state index < -0.39 is 17.6 Å². The Morgan fingerprint density at radius 3 is 2.55 bits per heavy atom. The van der Waals surface area contributed by atoms with Gasteiger partial charge in [-0.15, -0.1) is 0 Å². The zero-order chi connectivity index (χ0) is 15.1. The lowest BCUT2D eigenvalue weighted by Gasteiger charge is -2.42. The summed E-state index contributed by atoms with van der Waals surface area (Å²) >= 11 is 3.38. The first-order valence-corrected chi connectivity index (χ1v) is 7.60. The van der Waals surface area contributed by atoms with Gasteiger partial charge in [0, 0.05) is 10.1 Å². The molecule has 0 aromatic carbocycles. The van der Waals surface area contributed by atoms with Crippen LogP contribution in [0.4, 0.5) is 0 Å². The summed E-state index contributed by atoms with van der Waals surface area (Å²) in [4.78, 5) is 0. The smallest absolute Gasteiger partial charge is 0.115 e. The minimum absolute atomic E-state index is 0.0214. The van der Waals surface area contributed by atoms with Gasteiger partial charge in [-0.1, -0.05) is 34.7 Å². The van der Waals surface area contributed by atoms with E-state index in [0.29, 0.717) is 16.5 Å². The molecule has 0 aromatic rings. The second-order valence-electron chi connectivity index (χ2n) is 5.78. The average Bonchev–Trinajstić information content (AvgIpc) is 2.38. The lowest BCUT2D eigenvalue weighted by Crippen LogP contribution is -2.45. The summed E-state index contributed by atoms with van der Waals surface area (Å²) in [6.07, 6.45) is 6.28. The number of aliphatic hydroxyl groups is 3. The molecule has 0 spiro atoms. The number of aliphatic hydroxyl groups excluding tert-OH is 2. The standard InChI is InChI=1S/C16H21BrO3/c1-9(2)16(20)8-13(17)10(3)15(19)14(16)11-4-6-12(18)7-5-11/h4,6,8,11-12,14,18-20H,1,5,7H2,2-3H3/t11?,12?,14-,16?/m0/s1. The van der Waals surface area contributed by atoms with Gasteiger partial charge in [-0.25, -0.2) is 0 Å². The van der Waals surface area contributed by atoms with Crippen molar-refractivity contribution in [1.82, 2.24) is 0 Å². The molecule has 0 bridgehead atoms. The summed E-state index contributed by atoms with van der Waals surface area (Å²) < 4.78 is 0.691. The molecular weight excluding hydrogens is 320 g/mol. The van der Waals surface area contributed by atoms with E-state index in [-0.39, 0.29) is 11.7 Å². The lowest BCUT2D eigenvalue weighted by atomic mass is 9.67. The van der Waals surface area contributed by atoms with Crippen molar-refractivity contribution in [3.05, 3.63) is 46.2 Å². The topological polar surface area (TPSA) is 60.7 Å². The number of rotatable bonds is 2. The van der Waals surface area contributed by atoms with Crippen molar-refractivity contribution in [3.8, 4) is 0 Å². The molecule has 0 aromatic heterocycles. The Labute approximate surface area is 128 Å². The molecule has 0 saturated carbocycles. The van der Waals surface area contributed by atoms with E-state index >= 15 is 0 Å². The van der Waals surface area contributed by atoms with E-state index in [1.807, 2.05) is 13.0 Å². The molecule has 2 aliphatic rings. The normalized spacial score (nSPS) is 37.9. The van der Waals surface area contributed by atoms with Gasteiger partial charge >= 0.3 is 0 Å². The van der Waals surface area contributed by atoms with Gasteiger partial charge in [-0.3, -0.25) is 0 Å². The van der Waals surface area contributed by atoms with E-state index in [4.69, 9.17) is 0 Å². The van der Waals surface area contributed by atoms with Gasteiger partial charge in [-0.05, 0) is 44.3 Å². The van der Waals surface area contributed by atoms with Crippen LogP contribution in [0.5, 0.6) is 0 Å². The zero-order valence-corrected chi connectivity index (χ0v) is 13.4. The molecule has 3 N–H and O–H groups in total. The highest BCUT2D eigenvalue weighted by atomic mass is 79.9. The molecule has 20 heavy (non-hydrogen) atoms. The summed E-state index contributed by atoms with van der Waals surface area (Å²) in [6, 6.07) is 0. The van der Waals surface area contributed by atoms with Gasteiger partial charge < -0.3 is 15.3 Å². The van der Waals surface area contributed by atoms with Crippen molar-refractivity contribution in [1.29, 1.82) is 0 Å². The Hall–Kier alpha value is -0.840. The Balaban J connectivity index is 2.47. The molecule has 3 nitrogen and oxygen atoms in total. The van der Waals surface area contributed by atoms with Crippen LogP contribution in [-0.4, -0.2) is 27.0 Å². The van der Waals surface area contributed by atoms with Crippen LogP contribution in [0.25, 0.3) is 0 Å². The first kappa shape index (κ1) is 15.5. The quantitative estimate of drug-likeness (QED) is 0.675. The molecule has 0 amide bonds. The number of hydrogen-bond donors (Lipinski definition) is 3. The fourth-order valence-corrected chi connectivity index (χ4v) is 3.53. The van der Waals surface area contributed by atoms with Crippen LogP contribution in [0.1, 0.15) is 26.7 Å². The highest BCUT2D eigenvalue weighted by Gasteiger charge is 2.46. The minimum Gasteiger partial charge on any atom is -0.512 e. The van der Waals surface area contributed by atoms with Crippen molar-refractivity contribution >= 4 is 15.9 Å². The van der Waals surface area contributed by atoms with E-state index in [0.717, 1.165) is 12.0 Å². The molecule has 0 radical (unpaired) electrons. The summed E-state index contributed by atoms with van der Waals surface area (Å²) in [5.74, 6) is -0.284. The third kappa shape index (κ3) is 2.52. The largest absolute Gasteiger partial charge is 0.512 e. The van der Waals surface area contributed by atoms with Crippen LogP contribution in [-0.2, 0) is 0 Å². The fourth-order valence-electron chi connectivity index (χ4n) is 2.98. The number of allylic oxidation sites excluding steroid dienone is 3. The summed E-state index contributed by atoms with van der Waals surface area (Å²) in [7, 11) is 0. The Morgan fingerprint density at radius 2 is 2.05 bits per heavy atom. The van der Waals surface area contributed by atoms with E-state index in [2.05, 4.69) is 22.5 Å². The summed E-state index contributed by atoms with van der Waals surface area (Å²) in [6.45, 7) is 7.47. The maximum Gasteiger partial charge on any atom is 0.115 e. The molecule has 0 saturated heterocycles. The molecular formula is C16H21BrO3. The molecule has 0 fully saturated rings. The van der Waals surface area contributed by atoms with Crippen molar-refractivity contribution in [3.63, 3.8) is 0 Å². The Morgan fingerprint density at radius 1 is 1.40 bits per heavy atom. The predicted molar refractivity (Wildman–Crippen MR) is 83.5 cm³/mol. The zero-order valence-electron chi connectivity index (χ0n) is 11.8. The van der Waals surface area contributed by atoms with Crippen LogP contribution in [0, 0.1) is 11.8 Å². The highest BCUT2D eigenvalue weighted by molar-refractivity contribution is 9.12. The van der Waals surface area contributed by atoms with Crippen LogP contribution in [0.15, 0.2) is 46.2 Å². The molecule has 110 valence electrons. The van der Waals surface area contributed by atoms with Crippen LogP contribution in [0.2, 0.25) is 0 Å². The molecule has 0 aliphatic heterocycles. The monoisotopic (exact) mass is 340 g/mol. The second kappa shape index (κ2) is 5.51. The van der Waals surface area contributed by atoms with E-state index in [1.54, 1.807) is 19.1 Å². The lowest BCUT2D eigenvalue weighted by molar-refractivity contribution is 0.0290. The second-order valence-corrected chi connectivity index (χ2v) is 6.63. The van der Waals surface area contributed by atoms with Gasteiger partial charge in [0.2, 0.25) is 0 Å². The SMILES string of the molecule is C=C(C)C1(O)C=C(Br)C(C)=C(O)[C@@H]1C1C=CC(O)CC1. The van der Waals surface area contributed by atoms with Gasteiger partial charge in [0.25, 0.3) is 0 Å². The Bertz CT molecular complexity index is 518. The van der Waals surface area contributed by atoms with Crippen LogP contribution in [0.3, 0.4) is 0 Å². The van der Waals surface area contributed by atoms with Crippen molar-refractivity contribution in [2.75, 3.05) is 0 Å². The maximum atomic E-state index is 11.0. The van der Waals surface area contributed by atoms with Gasteiger partial charge in [0.1, 0.15) is 11.4 Å².